The van der Waals surface area contributed by atoms with Crippen molar-refractivity contribution in [3.8, 4) is 0 Å². The molecule has 106 valence electrons. The lowest BCUT2D eigenvalue weighted by molar-refractivity contribution is 0.00690. The first-order valence-corrected chi connectivity index (χ1v) is 8.79. The van der Waals surface area contributed by atoms with Gasteiger partial charge in [0.25, 0.3) is 0 Å². The van der Waals surface area contributed by atoms with Crippen molar-refractivity contribution in [2.24, 2.45) is 17.3 Å². The maximum Gasteiger partial charge on any atom is -0.0243 e. The molecule has 0 aromatic carbocycles. The predicted molar refractivity (Wildman–Crippen MR) is 80.8 cm³/mol. The van der Waals surface area contributed by atoms with Crippen LogP contribution in [0.5, 0.6) is 0 Å². The highest BCUT2D eigenvalue weighted by atomic mass is 14.5. The van der Waals surface area contributed by atoms with E-state index in [9.17, 15) is 0 Å². The Morgan fingerprint density at radius 3 is 2.17 bits per heavy atom. The van der Waals surface area contributed by atoms with E-state index in [1.807, 2.05) is 0 Å². The summed E-state index contributed by atoms with van der Waals surface area (Å²) >= 11 is 0. The van der Waals surface area contributed by atoms with Crippen molar-refractivity contribution >= 4 is 0 Å². The molecule has 1 unspecified atom stereocenters. The fourth-order valence-electron chi connectivity index (χ4n) is 4.99. The third-order valence-electron chi connectivity index (χ3n) is 6.17. The topological polar surface area (TPSA) is 0 Å². The van der Waals surface area contributed by atoms with Crippen molar-refractivity contribution in [1.82, 2.24) is 0 Å². The second-order valence-corrected chi connectivity index (χ2v) is 7.17. The van der Waals surface area contributed by atoms with E-state index >= 15 is 0 Å². The van der Waals surface area contributed by atoms with E-state index in [4.69, 9.17) is 0 Å². The van der Waals surface area contributed by atoms with Crippen LogP contribution in [0, 0.1) is 17.3 Å². The van der Waals surface area contributed by atoms with Crippen molar-refractivity contribution in [1.29, 1.82) is 0 Å². The van der Waals surface area contributed by atoms with Crippen molar-refractivity contribution in [2.45, 2.75) is 97.3 Å². The van der Waals surface area contributed by atoms with Gasteiger partial charge in [0.15, 0.2) is 0 Å². The van der Waals surface area contributed by atoms with Gasteiger partial charge in [-0.3, -0.25) is 0 Å². The average Bonchev–Trinajstić information content (AvgIpc) is 2.46. The third kappa shape index (κ3) is 3.11. The van der Waals surface area contributed by atoms with E-state index in [2.05, 4.69) is 13.8 Å². The van der Waals surface area contributed by atoms with Gasteiger partial charge in [0.2, 0.25) is 0 Å². The van der Waals surface area contributed by atoms with Gasteiger partial charge in [-0.25, -0.2) is 0 Å². The van der Waals surface area contributed by atoms with Crippen LogP contribution in [0.1, 0.15) is 97.3 Å². The summed E-state index contributed by atoms with van der Waals surface area (Å²) in [5, 5.41) is 0. The summed E-state index contributed by atoms with van der Waals surface area (Å²) in [5.74, 6) is 2.07. The molecule has 0 N–H and O–H groups in total. The summed E-state index contributed by atoms with van der Waals surface area (Å²) in [7, 11) is 0. The molecular formula is C18H34. The average molecular weight is 250 g/mol. The van der Waals surface area contributed by atoms with Crippen LogP contribution in [0.2, 0.25) is 0 Å². The van der Waals surface area contributed by atoms with Gasteiger partial charge in [0.05, 0.1) is 0 Å². The van der Waals surface area contributed by atoms with Crippen LogP contribution >= 0.6 is 0 Å². The molecule has 0 aliphatic heterocycles. The lowest BCUT2D eigenvalue weighted by Gasteiger charge is -2.50. The Hall–Kier alpha value is 0. The number of hydrogen-bond acceptors (Lipinski definition) is 0. The molecule has 1 atom stereocenters. The molecule has 0 heteroatoms. The molecule has 2 fully saturated rings. The first kappa shape index (κ1) is 14.4. The van der Waals surface area contributed by atoms with Gasteiger partial charge >= 0.3 is 0 Å². The van der Waals surface area contributed by atoms with E-state index in [0.717, 1.165) is 17.3 Å². The number of unbranched alkanes of at least 4 members (excludes halogenated alkanes) is 1. The maximum absolute atomic E-state index is 2.59. The second-order valence-electron chi connectivity index (χ2n) is 7.17. The SMILES string of the molecule is CCCCC(C)C1(C2CCCCC2)CCCCC1. The van der Waals surface area contributed by atoms with Crippen molar-refractivity contribution < 1.29 is 0 Å². The summed E-state index contributed by atoms with van der Waals surface area (Å²) in [5.41, 5.74) is 0.758. The maximum atomic E-state index is 2.59. The molecule has 0 bridgehead atoms. The zero-order valence-electron chi connectivity index (χ0n) is 12.8. The number of hydrogen-bond donors (Lipinski definition) is 0. The highest BCUT2D eigenvalue weighted by molar-refractivity contribution is 4.93. The Kier molecular flexibility index (Phi) is 5.57. The van der Waals surface area contributed by atoms with Gasteiger partial charge in [-0.2, -0.15) is 0 Å². The molecule has 2 rings (SSSR count). The molecule has 2 aliphatic rings. The van der Waals surface area contributed by atoms with Crippen molar-refractivity contribution in [3.63, 3.8) is 0 Å². The Labute approximate surface area is 115 Å². The molecule has 0 saturated heterocycles. The molecule has 0 amide bonds. The van der Waals surface area contributed by atoms with E-state index < -0.39 is 0 Å². The van der Waals surface area contributed by atoms with Crippen molar-refractivity contribution in [3.05, 3.63) is 0 Å². The van der Waals surface area contributed by atoms with E-state index in [1.165, 1.54) is 57.8 Å². The van der Waals surface area contributed by atoms with E-state index in [-0.39, 0.29) is 0 Å². The van der Waals surface area contributed by atoms with Crippen LogP contribution in [0.15, 0.2) is 0 Å². The minimum atomic E-state index is 0.758. The zero-order valence-corrected chi connectivity index (χ0v) is 12.8. The Morgan fingerprint density at radius 1 is 0.944 bits per heavy atom. The summed E-state index contributed by atoms with van der Waals surface area (Å²) < 4.78 is 0. The third-order valence-corrected chi connectivity index (χ3v) is 6.17. The quantitative estimate of drug-likeness (QED) is 0.534. The van der Waals surface area contributed by atoms with Crippen LogP contribution in [0.25, 0.3) is 0 Å². The van der Waals surface area contributed by atoms with E-state index in [1.54, 1.807) is 25.7 Å². The number of rotatable bonds is 5. The molecule has 2 saturated carbocycles. The molecule has 0 heterocycles. The minimum absolute atomic E-state index is 0.758. The van der Waals surface area contributed by atoms with Crippen LogP contribution < -0.4 is 0 Å². The summed E-state index contributed by atoms with van der Waals surface area (Å²) in [6, 6.07) is 0. The largest absolute Gasteiger partial charge is 0.0654 e. The Morgan fingerprint density at radius 2 is 1.56 bits per heavy atom. The molecule has 0 radical (unpaired) electrons. The van der Waals surface area contributed by atoms with Crippen LogP contribution in [0.3, 0.4) is 0 Å². The van der Waals surface area contributed by atoms with Gasteiger partial charge in [0, 0.05) is 0 Å². The molecule has 2 aliphatic carbocycles. The van der Waals surface area contributed by atoms with Gasteiger partial charge in [-0.15, -0.1) is 0 Å². The molecule has 0 aromatic heterocycles. The van der Waals surface area contributed by atoms with E-state index in [0.29, 0.717) is 0 Å². The van der Waals surface area contributed by atoms with Crippen LogP contribution in [-0.4, -0.2) is 0 Å². The lowest BCUT2D eigenvalue weighted by atomic mass is 9.55. The standard InChI is InChI=1S/C18H34/c1-3-4-11-16(2)18(14-9-6-10-15-18)17-12-7-5-8-13-17/h16-17H,3-15H2,1-2H3. The molecule has 0 nitrogen and oxygen atoms in total. The zero-order chi connectivity index (χ0) is 12.8. The smallest absolute Gasteiger partial charge is 0.0243 e. The Balaban J connectivity index is 2.05. The fourth-order valence-corrected chi connectivity index (χ4v) is 4.99. The first-order valence-electron chi connectivity index (χ1n) is 8.79. The molecular weight excluding hydrogens is 216 g/mol. The summed E-state index contributed by atoms with van der Waals surface area (Å²) in [4.78, 5) is 0. The van der Waals surface area contributed by atoms with Crippen LogP contribution in [0.4, 0.5) is 0 Å². The summed E-state index contributed by atoms with van der Waals surface area (Å²) in [6.07, 6.45) is 19.6. The van der Waals surface area contributed by atoms with Gasteiger partial charge in [0.1, 0.15) is 0 Å². The van der Waals surface area contributed by atoms with Crippen molar-refractivity contribution in [2.75, 3.05) is 0 Å². The summed E-state index contributed by atoms with van der Waals surface area (Å²) in [6.45, 7) is 4.94. The predicted octanol–water partition coefficient (Wildman–Crippen LogP) is 6.34. The normalized spacial score (nSPS) is 27.0. The van der Waals surface area contributed by atoms with Gasteiger partial charge in [-0.05, 0) is 42.9 Å². The van der Waals surface area contributed by atoms with Crippen LogP contribution in [-0.2, 0) is 0 Å². The molecule has 0 aromatic rings. The first-order chi connectivity index (χ1) is 8.79. The fraction of sp³-hybridized carbons (Fsp3) is 1.00. The second kappa shape index (κ2) is 6.96. The van der Waals surface area contributed by atoms with Gasteiger partial charge in [-0.1, -0.05) is 71.6 Å². The monoisotopic (exact) mass is 250 g/mol. The highest BCUT2D eigenvalue weighted by Gasteiger charge is 2.43. The highest BCUT2D eigenvalue weighted by Crippen LogP contribution is 2.53. The molecule has 18 heavy (non-hydrogen) atoms. The van der Waals surface area contributed by atoms with Gasteiger partial charge < -0.3 is 0 Å². The minimum Gasteiger partial charge on any atom is -0.0654 e. The lowest BCUT2D eigenvalue weighted by Crippen LogP contribution is -2.40. The molecule has 0 spiro atoms. The Bertz CT molecular complexity index is 218.